The van der Waals surface area contributed by atoms with Crippen molar-refractivity contribution in [1.29, 1.82) is 0 Å². The molecule has 3 nitrogen and oxygen atoms in total. The van der Waals surface area contributed by atoms with Crippen LogP contribution in [0.4, 0.5) is 0 Å². The molecular formula is C18H22N2O. The molecule has 0 amide bonds. The number of benzene rings is 1. The van der Waals surface area contributed by atoms with Gasteiger partial charge in [0.1, 0.15) is 5.82 Å². The fourth-order valence-corrected chi connectivity index (χ4v) is 3.58. The third-order valence-electron chi connectivity index (χ3n) is 4.45. The van der Waals surface area contributed by atoms with Crippen molar-refractivity contribution in [2.75, 3.05) is 0 Å². The molecule has 1 N–H and O–H groups in total. The molecule has 2 aromatic rings. The Morgan fingerprint density at radius 3 is 2.29 bits per heavy atom. The van der Waals surface area contributed by atoms with Crippen LogP contribution in [0.25, 0.3) is 11.4 Å². The minimum absolute atomic E-state index is 0.0405. The molecule has 1 fully saturated rings. The number of hydrogen-bond donors (Lipinski definition) is 1. The van der Waals surface area contributed by atoms with Crippen LogP contribution in [0, 0.1) is 20.8 Å². The Kier molecular flexibility index (Phi) is 3.66. The summed E-state index contributed by atoms with van der Waals surface area (Å²) in [6, 6.07) is 5.97. The van der Waals surface area contributed by atoms with E-state index >= 15 is 0 Å². The van der Waals surface area contributed by atoms with Crippen molar-refractivity contribution in [3.63, 3.8) is 0 Å². The topological polar surface area (TPSA) is 45.8 Å². The van der Waals surface area contributed by atoms with Crippen LogP contribution in [-0.4, -0.2) is 9.97 Å². The van der Waals surface area contributed by atoms with Crippen LogP contribution in [0.5, 0.6) is 0 Å². The van der Waals surface area contributed by atoms with Crippen molar-refractivity contribution in [1.82, 2.24) is 9.97 Å². The lowest BCUT2D eigenvalue weighted by Gasteiger charge is -2.13. The van der Waals surface area contributed by atoms with Gasteiger partial charge in [-0.05, 0) is 44.7 Å². The van der Waals surface area contributed by atoms with E-state index in [1.807, 2.05) is 0 Å². The molecule has 1 heterocycles. The second-order valence-electron chi connectivity index (χ2n) is 6.27. The second-order valence-corrected chi connectivity index (χ2v) is 6.27. The minimum atomic E-state index is -0.0405. The Bertz CT molecular complexity index is 701. The predicted molar refractivity (Wildman–Crippen MR) is 85.7 cm³/mol. The summed E-state index contributed by atoms with van der Waals surface area (Å²) in [6.07, 6.45) is 4.80. The fourth-order valence-electron chi connectivity index (χ4n) is 3.58. The maximum atomic E-state index is 12.0. The third-order valence-corrected chi connectivity index (χ3v) is 4.45. The van der Waals surface area contributed by atoms with Gasteiger partial charge in [-0.15, -0.1) is 0 Å². The SMILES string of the molecule is Cc1cc(C)c(-c2nc(C3CCCC3)cc(=O)[nH]2)c(C)c1. The van der Waals surface area contributed by atoms with Crippen molar-refractivity contribution >= 4 is 0 Å². The van der Waals surface area contributed by atoms with Crippen LogP contribution >= 0.6 is 0 Å². The van der Waals surface area contributed by atoms with Crippen molar-refractivity contribution in [2.45, 2.75) is 52.4 Å². The Balaban J connectivity index is 2.13. The molecule has 1 aliphatic carbocycles. The van der Waals surface area contributed by atoms with E-state index < -0.39 is 0 Å². The van der Waals surface area contributed by atoms with Gasteiger partial charge in [0, 0.05) is 17.5 Å². The van der Waals surface area contributed by atoms with E-state index in [4.69, 9.17) is 4.98 Å². The first-order valence-electron chi connectivity index (χ1n) is 7.74. The molecule has 0 saturated heterocycles. The quantitative estimate of drug-likeness (QED) is 0.904. The molecule has 3 heteroatoms. The number of aromatic nitrogens is 2. The minimum Gasteiger partial charge on any atom is -0.306 e. The van der Waals surface area contributed by atoms with E-state index in [-0.39, 0.29) is 5.56 Å². The number of nitrogens with zero attached hydrogens (tertiary/aromatic N) is 1. The first-order chi connectivity index (χ1) is 10.0. The summed E-state index contributed by atoms with van der Waals surface area (Å²) in [5.41, 5.74) is 5.56. The highest BCUT2D eigenvalue weighted by Crippen LogP contribution is 2.33. The maximum Gasteiger partial charge on any atom is 0.251 e. The van der Waals surface area contributed by atoms with E-state index in [9.17, 15) is 4.79 Å². The average molecular weight is 282 g/mol. The number of aromatic amines is 1. The van der Waals surface area contributed by atoms with E-state index in [1.54, 1.807) is 6.07 Å². The lowest BCUT2D eigenvalue weighted by Crippen LogP contribution is -2.13. The number of rotatable bonds is 2. The first-order valence-corrected chi connectivity index (χ1v) is 7.74. The average Bonchev–Trinajstić information content (AvgIpc) is 2.90. The predicted octanol–water partition coefficient (Wildman–Crippen LogP) is 4.02. The standard InChI is InChI=1S/C18H22N2O/c1-11-8-12(2)17(13(3)9-11)18-19-15(10-16(21)20-18)14-6-4-5-7-14/h8-10,14H,4-7H2,1-3H3,(H,19,20,21). The molecule has 0 aliphatic heterocycles. The molecule has 3 rings (SSSR count). The zero-order valence-corrected chi connectivity index (χ0v) is 13.0. The van der Waals surface area contributed by atoms with Crippen LogP contribution in [0.3, 0.4) is 0 Å². The zero-order chi connectivity index (χ0) is 15.0. The molecule has 1 aromatic carbocycles. The molecule has 1 saturated carbocycles. The Hall–Kier alpha value is -1.90. The van der Waals surface area contributed by atoms with Gasteiger partial charge in [0.2, 0.25) is 0 Å². The maximum absolute atomic E-state index is 12.0. The Morgan fingerprint density at radius 2 is 1.67 bits per heavy atom. The fraction of sp³-hybridized carbons (Fsp3) is 0.444. The number of hydrogen-bond acceptors (Lipinski definition) is 2. The largest absolute Gasteiger partial charge is 0.306 e. The smallest absolute Gasteiger partial charge is 0.251 e. The third kappa shape index (κ3) is 2.78. The van der Waals surface area contributed by atoms with E-state index in [2.05, 4.69) is 37.9 Å². The molecule has 0 atom stereocenters. The van der Waals surface area contributed by atoms with Crippen molar-refractivity contribution in [3.05, 3.63) is 50.9 Å². The molecule has 1 aliphatic rings. The molecule has 0 unspecified atom stereocenters. The normalized spacial score (nSPS) is 15.6. The van der Waals surface area contributed by atoms with E-state index in [1.165, 1.54) is 29.5 Å². The van der Waals surface area contributed by atoms with Crippen LogP contribution < -0.4 is 5.56 Å². The van der Waals surface area contributed by atoms with Gasteiger partial charge < -0.3 is 4.98 Å². The molecule has 0 spiro atoms. The summed E-state index contributed by atoms with van der Waals surface area (Å²) >= 11 is 0. The summed E-state index contributed by atoms with van der Waals surface area (Å²) in [6.45, 7) is 6.25. The molecular weight excluding hydrogens is 260 g/mol. The highest BCUT2D eigenvalue weighted by Gasteiger charge is 2.20. The molecule has 21 heavy (non-hydrogen) atoms. The van der Waals surface area contributed by atoms with Gasteiger partial charge >= 0.3 is 0 Å². The summed E-state index contributed by atoms with van der Waals surface area (Å²) in [5, 5.41) is 0. The van der Waals surface area contributed by atoms with E-state index in [0.717, 1.165) is 29.9 Å². The van der Waals surface area contributed by atoms with Crippen LogP contribution in [0.1, 0.15) is 54.0 Å². The summed E-state index contributed by atoms with van der Waals surface area (Å²) < 4.78 is 0. The summed E-state index contributed by atoms with van der Waals surface area (Å²) in [4.78, 5) is 19.7. The van der Waals surface area contributed by atoms with Crippen molar-refractivity contribution in [3.8, 4) is 11.4 Å². The van der Waals surface area contributed by atoms with Gasteiger partial charge in [0.25, 0.3) is 5.56 Å². The Labute approximate surface area is 125 Å². The number of aryl methyl sites for hydroxylation is 3. The van der Waals surface area contributed by atoms with Crippen LogP contribution in [-0.2, 0) is 0 Å². The molecule has 0 radical (unpaired) electrons. The lowest BCUT2D eigenvalue weighted by molar-refractivity contribution is 0.693. The summed E-state index contributed by atoms with van der Waals surface area (Å²) in [5.74, 6) is 1.18. The molecule has 0 bridgehead atoms. The van der Waals surface area contributed by atoms with Crippen LogP contribution in [0.2, 0.25) is 0 Å². The zero-order valence-electron chi connectivity index (χ0n) is 13.0. The van der Waals surface area contributed by atoms with Crippen LogP contribution in [0.15, 0.2) is 23.0 Å². The van der Waals surface area contributed by atoms with Gasteiger partial charge in [-0.25, -0.2) is 4.98 Å². The van der Waals surface area contributed by atoms with Crippen molar-refractivity contribution in [2.24, 2.45) is 0 Å². The Morgan fingerprint density at radius 1 is 1.05 bits per heavy atom. The van der Waals surface area contributed by atoms with Gasteiger partial charge in [-0.2, -0.15) is 0 Å². The molecule has 1 aromatic heterocycles. The molecule has 110 valence electrons. The number of nitrogens with one attached hydrogen (secondary N) is 1. The first kappa shape index (κ1) is 14.1. The summed E-state index contributed by atoms with van der Waals surface area (Å²) in [7, 11) is 0. The van der Waals surface area contributed by atoms with Gasteiger partial charge in [-0.1, -0.05) is 30.5 Å². The van der Waals surface area contributed by atoms with Crippen molar-refractivity contribution < 1.29 is 0 Å². The van der Waals surface area contributed by atoms with Gasteiger partial charge in [0.05, 0.1) is 5.69 Å². The monoisotopic (exact) mass is 282 g/mol. The van der Waals surface area contributed by atoms with Gasteiger partial charge in [-0.3, -0.25) is 4.79 Å². The highest BCUT2D eigenvalue weighted by molar-refractivity contribution is 5.65. The second kappa shape index (κ2) is 5.47. The lowest BCUT2D eigenvalue weighted by atomic mass is 9.98. The van der Waals surface area contributed by atoms with E-state index in [0.29, 0.717) is 5.92 Å². The van der Waals surface area contributed by atoms with Gasteiger partial charge in [0.15, 0.2) is 0 Å². The highest BCUT2D eigenvalue weighted by atomic mass is 16.1. The number of H-pyrrole nitrogens is 1.